The molecule has 1 aromatic carbocycles. The lowest BCUT2D eigenvalue weighted by atomic mass is 10.2. The zero-order chi connectivity index (χ0) is 12.1. The van der Waals surface area contributed by atoms with Crippen molar-refractivity contribution in [1.29, 1.82) is 0 Å². The van der Waals surface area contributed by atoms with E-state index in [1.54, 1.807) is 14.0 Å². The van der Waals surface area contributed by atoms with Gasteiger partial charge in [-0.25, -0.2) is 4.39 Å². The van der Waals surface area contributed by atoms with E-state index in [2.05, 4.69) is 5.32 Å². The van der Waals surface area contributed by atoms with Gasteiger partial charge in [-0.15, -0.1) is 0 Å². The Morgan fingerprint density at radius 2 is 2.31 bits per heavy atom. The summed E-state index contributed by atoms with van der Waals surface area (Å²) in [6.45, 7) is 2.21. The van der Waals surface area contributed by atoms with Crippen molar-refractivity contribution in [2.24, 2.45) is 0 Å². The molecule has 0 unspecified atom stereocenters. The number of hydrogen-bond acceptors (Lipinski definition) is 2. The summed E-state index contributed by atoms with van der Waals surface area (Å²) in [4.78, 5) is 11.7. The molecule has 5 heteroatoms. The number of ether oxygens (including phenoxy) is 1. The molecule has 1 atom stereocenters. The number of hydrogen-bond donors (Lipinski definition) is 1. The third kappa shape index (κ3) is 3.47. The second-order valence-electron chi connectivity index (χ2n) is 3.45. The summed E-state index contributed by atoms with van der Waals surface area (Å²) in [5.74, 6) is -0.805. The second-order valence-corrected chi connectivity index (χ2v) is 3.86. The third-order valence-electron chi connectivity index (χ3n) is 1.97. The lowest BCUT2D eigenvalue weighted by Crippen LogP contribution is -2.35. The van der Waals surface area contributed by atoms with Gasteiger partial charge in [0, 0.05) is 13.2 Å². The Bertz CT molecular complexity index is 384. The lowest BCUT2D eigenvalue weighted by molar-refractivity contribution is 0.0905. The van der Waals surface area contributed by atoms with Crippen LogP contribution in [0.3, 0.4) is 0 Å². The maximum absolute atomic E-state index is 12.8. The molecule has 1 N–H and O–H groups in total. The van der Waals surface area contributed by atoms with Gasteiger partial charge in [0.2, 0.25) is 0 Å². The number of halogens is 2. The Balaban J connectivity index is 2.73. The molecule has 0 saturated heterocycles. The van der Waals surface area contributed by atoms with Gasteiger partial charge < -0.3 is 10.1 Å². The maximum Gasteiger partial charge on any atom is 0.253 e. The van der Waals surface area contributed by atoms with Crippen LogP contribution in [-0.4, -0.2) is 25.7 Å². The zero-order valence-electron chi connectivity index (χ0n) is 9.09. The molecule has 0 radical (unpaired) electrons. The Morgan fingerprint density at radius 3 is 2.88 bits per heavy atom. The minimum absolute atomic E-state index is 0.0992. The van der Waals surface area contributed by atoms with Crippen molar-refractivity contribution >= 4 is 17.5 Å². The van der Waals surface area contributed by atoms with E-state index in [9.17, 15) is 9.18 Å². The van der Waals surface area contributed by atoms with E-state index in [1.165, 1.54) is 12.1 Å². The molecule has 0 aliphatic carbocycles. The van der Waals surface area contributed by atoms with E-state index in [1.807, 2.05) is 0 Å². The van der Waals surface area contributed by atoms with Gasteiger partial charge in [-0.1, -0.05) is 11.6 Å². The SMILES string of the molecule is COC[C@H](C)NC(=O)c1ccc(F)cc1Cl. The van der Waals surface area contributed by atoms with Gasteiger partial charge in [0.15, 0.2) is 0 Å². The molecule has 0 aromatic heterocycles. The molecule has 0 spiro atoms. The van der Waals surface area contributed by atoms with Crippen molar-refractivity contribution in [2.45, 2.75) is 13.0 Å². The summed E-state index contributed by atoms with van der Waals surface area (Å²) in [6.07, 6.45) is 0. The Morgan fingerprint density at radius 1 is 1.62 bits per heavy atom. The standard InChI is InChI=1S/C11H13ClFNO2/c1-7(6-16-2)14-11(15)9-4-3-8(13)5-10(9)12/h3-5,7H,6H2,1-2H3,(H,14,15)/t7-/m0/s1. The topological polar surface area (TPSA) is 38.3 Å². The molecule has 1 amide bonds. The van der Waals surface area contributed by atoms with E-state index in [-0.39, 0.29) is 22.5 Å². The minimum Gasteiger partial charge on any atom is -0.383 e. The summed E-state index contributed by atoms with van der Waals surface area (Å²) in [5, 5.41) is 2.79. The highest BCUT2D eigenvalue weighted by Crippen LogP contribution is 2.17. The van der Waals surface area contributed by atoms with Gasteiger partial charge in [0.05, 0.1) is 17.2 Å². The highest BCUT2D eigenvalue weighted by molar-refractivity contribution is 6.33. The minimum atomic E-state index is -0.466. The van der Waals surface area contributed by atoms with Crippen molar-refractivity contribution in [3.8, 4) is 0 Å². The van der Waals surface area contributed by atoms with E-state index in [0.717, 1.165) is 6.07 Å². The molecule has 1 rings (SSSR count). The fourth-order valence-electron chi connectivity index (χ4n) is 1.27. The molecule has 88 valence electrons. The number of carbonyl (C=O) groups is 1. The lowest BCUT2D eigenvalue weighted by Gasteiger charge is -2.13. The molecule has 0 heterocycles. The molecule has 0 bridgehead atoms. The smallest absolute Gasteiger partial charge is 0.253 e. The number of methoxy groups -OCH3 is 1. The van der Waals surface area contributed by atoms with Crippen LogP contribution in [0.5, 0.6) is 0 Å². The van der Waals surface area contributed by atoms with Gasteiger partial charge in [0.1, 0.15) is 5.82 Å². The molecule has 0 aliphatic rings. The highest BCUT2D eigenvalue weighted by atomic mass is 35.5. The fourth-order valence-corrected chi connectivity index (χ4v) is 1.52. The number of benzene rings is 1. The summed E-state index contributed by atoms with van der Waals surface area (Å²) in [7, 11) is 1.55. The number of nitrogens with one attached hydrogen (secondary N) is 1. The monoisotopic (exact) mass is 245 g/mol. The summed E-state index contributed by atoms with van der Waals surface area (Å²) in [5.41, 5.74) is 0.256. The average Bonchev–Trinajstić information content (AvgIpc) is 2.17. The van der Waals surface area contributed by atoms with Gasteiger partial charge in [-0.2, -0.15) is 0 Å². The first-order valence-corrected chi connectivity index (χ1v) is 5.17. The van der Waals surface area contributed by atoms with E-state index < -0.39 is 5.82 Å². The first-order chi connectivity index (χ1) is 7.54. The quantitative estimate of drug-likeness (QED) is 0.884. The van der Waals surface area contributed by atoms with Gasteiger partial charge in [0.25, 0.3) is 5.91 Å². The predicted octanol–water partition coefficient (Wildman–Crippen LogP) is 2.24. The van der Waals surface area contributed by atoms with E-state index in [0.29, 0.717) is 6.61 Å². The van der Waals surface area contributed by atoms with Gasteiger partial charge >= 0.3 is 0 Å². The van der Waals surface area contributed by atoms with Crippen molar-refractivity contribution < 1.29 is 13.9 Å². The molecular formula is C11H13ClFNO2. The highest BCUT2D eigenvalue weighted by Gasteiger charge is 2.13. The normalized spacial score (nSPS) is 12.2. The molecule has 0 aliphatic heterocycles. The largest absolute Gasteiger partial charge is 0.383 e. The van der Waals surface area contributed by atoms with Crippen LogP contribution in [0.15, 0.2) is 18.2 Å². The van der Waals surface area contributed by atoms with Crippen molar-refractivity contribution in [1.82, 2.24) is 5.32 Å². The van der Waals surface area contributed by atoms with Crippen LogP contribution in [0.1, 0.15) is 17.3 Å². The molecule has 3 nitrogen and oxygen atoms in total. The van der Waals surface area contributed by atoms with Crippen LogP contribution in [0, 0.1) is 5.82 Å². The van der Waals surface area contributed by atoms with Crippen LogP contribution in [0.4, 0.5) is 4.39 Å². The molecule has 16 heavy (non-hydrogen) atoms. The first-order valence-electron chi connectivity index (χ1n) is 4.79. The Labute approximate surface area is 98.5 Å². The summed E-state index contributed by atoms with van der Waals surface area (Å²) >= 11 is 5.75. The number of carbonyl (C=O) groups excluding carboxylic acids is 1. The number of rotatable bonds is 4. The van der Waals surface area contributed by atoms with Crippen LogP contribution in [0.25, 0.3) is 0 Å². The average molecular weight is 246 g/mol. The van der Waals surface area contributed by atoms with Crippen molar-refractivity contribution in [3.05, 3.63) is 34.6 Å². The Hall–Kier alpha value is -1.13. The van der Waals surface area contributed by atoms with Crippen molar-refractivity contribution in [2.75, 3.05) is 13.7 Å². The van der Waals surface area contributed by atoms with Crippen LogP contribution >= 0.6 is 11.6 Å². The zero-order valence-corrected chi connectivity index (χ0v) is 9.84. The van der Waals surface area contributed by atoms with Crippen LogP contribution < -0.4 is 5.32 Å². The molecule has 1 aromatic rings. The first kappa shape index (κ1) is 12.9. The van der Waals surface area contributed by atoms with Crippen LogP contribution in [-0.2, 0) is 4.74 Å². The van der Waals surface area contributed by atoms with Gasteiger partial charge in [-0.05, 0) is 25.1 Å². The van der Waals surface area contributed by atoms with Crippen LogP contribution in [0.2, 0.25) is 5.02 Å². The van der Waals surface area contributed by atoms with Crippen molar-refractivity contribution in [3.63, 3.8) is 0 Å². The third-order valence-corrected chi connectivity index (χ3v) is 2.28. The van der Waals surface area contributed by atoms with E-state index >= 15 is 0 Å². The van der Waals surface area contributed by atoms with E-state index in [4.69, 9.17) is 16.3 Å². The predicted molar refractivity (Wildman–Crippen MR) is 60.2 cm³/mol. The molecule has 0 saturated carbocycles. The Kier molecular flexibility index (Phi) is 4.71. The van der Waals surface area contributed by atoms with Gasteiger partial charge in [-0.3, -0.25) is 4.79 Å². The summed E-state index contributed by atoms with van der Waals surface area (Å²) < 4.78 is 17.6. The fraction of sp³-hybridized carbons (Fsp3) is 0.364. The maximum atomic E-state index is 12.8. The molecular weight excluding hydrogens is 233 g/mol. The number of amides is 1. The molecule has 0 fully saturated rings. The summed E-state index contributed by atoms with van der Waals surface area (Å²) in [6, 6.07) is 3.53. The second kappa shape index (κ2) is 5.82.